The molecule has 5 heteroatoms. The van der Waals surface area contributed by atoms with E-state index in [1.807, 2.05) is 12.1 Å². The van der Waals surface area contributed by atoms with Crippen LogP contribution in [0.2, 0.25) is 5.15 Å². The molecule has 0 unspecified atom stereocenters. The molecule has 0 aliphatic rings. The van der Waals surface area contributed by atoms with Crippen molar-refractivity contribution in [2.24, 2.45) is 5.73 Å². The van der Waals surface area contributed by atoms with E-state index in [4.69, 9.17) is 17.3 Å². The van der Waals surface area contributed by atoms with Gasteiger partial charge in [0, 0.05) is 12.1 Å². The maximum atomic E-state index is 11.9. The Hall–Kier alpha value is -1.91. The minimum atomic E-state index is -0.228. The Morgan fingerprint density at radius 2 is 1.94 bits per heavy atom. The zero-order valence-electron chi connectivity index (χ0n) is 9.56. The van der Waals surface area contributed by atoms with E-state index in [0.29, 0.717) is 23.1 Å². The number of carbonyl (C=O) groups is 1. The maximum absolute atomic E-state index is 11.9. The summed E-state index contributed by atoms with van der Waals surface area (Å²) in [5.74, 6) is 0.198. The van der Waals surface area contributed by atoms with Gasteiger partial charge in [-0.2, -0.15) is 0 Å². The van der Waals surface area contributed by atoms with E-state index in [1.165, 1.54) is 0 Å². The summed E-state index contributed by atoms with van der Waals surface area (Å²) in [5, 5.41) is 3.01. The van der Waals surface area contributed by atoms with E-state index >= 15 is 0 Å². The number of rotatable bonds is 3. The molecule has 18 heavy (non-hydrogen) atoms. The molecule has 0 aliphatic carbocycles. The summed E-state index contributed by atoms with van der Waals surface area (Å²) < 4.78 is 0. The molecule has 4 nitrogen and oxygen atoms in total. The first-order valence-electron chi connectivity index (χ1n) is 5.42. The van der Waals surface area contributed by atoms with Crippen molar-refractivity contribution in [1.29, 1.82) is 0 Å². The first kappa shape index (κ1) is 12.5. The van der Waals surface area contributed by atoms with Gasteiger partial charge in [-0.25, -0.2) is 4.98 Å². The molecule has 0 saturated carbocycles. The zero-order valence-corrected chi connectivity index (χ0v) is 10.3. The molecule has 2 aromatic rings. The molecule has 1 amide bonds. The number of halogens is 1. The van der Waals surface area contributed by atoms with Gasteiger partial charge < -0.3 is 11.1 Å². The number of carbonyl (C=O) groups excluding carboxylic acids is 1. The molecule has 0 atom stereocenters. The van der Waals surface area contributed by atoms with Crippen molar-refractivity contribution in [2.75, 3.05) is 5.32 Å². The van der Waals surface area contributed by atoms with Crippen molar-refractivity contribution in [3.63, 3.8) is 0 Å². The summed E-state index contributed by atoms with van der Waals surface area (Å²) in [7, 11) is 0. The fraction of sp³-hybridized carbons (Fsp3) is 0.0769. The van der Waals surface area contributed by atoms with Crippen LogP contribution in [0.5, 0.6) is 0 Å². The number of nitrogens with zero attached hydrogens (tertiary/aromatic N) is 1. The van der Waals surface area contributed by atoms with E-state index in [-0.39, 0.29) is 5.91 Å². The molecular formula is C13H12ClN3O. The number of nitrogens with one attached hydrogen (secondary N) is 1. The van der Waals surface area contributed by atoms with Crippen LogP contribution in [0.15, 0.2) is 42.5 Å². The molecule has 92 valence electrons. The minimum absolute atomic E-state index is 0.228. The van der Waals surface area contributed by atoms with Crippen molar-refractivity contribution in [1.82, 2.24) is 4.98 Å². The molecule has 0 aliphatic heterocycles. The third-order valence-electron chi connectivity index (χ3n) is 2.41. The lowest BCUT2D eigenvalue weighted by Crippen LogP contribution is -2.13. The van der Waals surface area contributed by atoms with Gasteiger partial charge in [-0.15, -0.1) is 0 Å². The quantitative estimate of drug-likeness (QED) is 0.834. The molecule has 0 fully saturated rings. The second-order valence-electron chi connectivity index (χ2n) is 3.70. The fourth-order valence-electron chi connectivity index (χ4n) is 1.46. The number of anilines is 1. The molecular weight excluding hydrogens is 250 g/mol. The molecule has 0 saturated heterocycles. The number of aromatic nitrogens is 1. The van der Waals surface area contributed by atoms with Gasteiger partial charge in [0.05, 0.1) is 0 Å². The van der Waals surface area contributed by atoms with Crippen LogP contribution in [-0.4, -0.2) is 10.9 Å². The summed E-state index contributed by atoms with van der Waals surface area (Å²) in [6.45, 7) is 0.456. The third-order valence-corrected chi connectivity index (χ3v) is 2.62. The molecule has 1 heterocycles. The van der Waals surface area contributed by atoms with E-state index < -0.39 is 0 Å². The Labute approximate surface area is 110 Å². The van der Waals surface area contributed by atoms with Gasteiger partial charge in [-0.3, -0.25) is 4.79 Å². The second kappa shape index (κ2) is 5.62. The summed E-state index contributed by atoms with van der Waals surface area (Å²) >= 11 is 5.74. The summed E-state index contributed by atoms with van der Waals surface area (Å²) in [4.78, 5) is 15.9. The first-order chi connectivity index (χ1) is 8.69. The average molecular weight is 262 g/mol. The summed E-state index contributed by atoms with van der Waals surface area (Å²) in [6, 6.07) is 12.1. The smallest absolute Gasteiger partial charge is 0.256 e. The van der Waals surface area contributed by atoms with Gasteiger partial charge in [-0.05, 0) is 29.8 Å². The third kappa shape index (κ3) is 3.06. The second-order valence-corrected chi connectivity index (χ2v) is 4.09. The lowest BCUT2D eigenvalue weighted by molar-refractivity contribution is 0.102. The van der Waals surface area contributed by atoms with Crippen LogP contribution in [0.25, 0.3) is 0 Å². The van der Waals surface area contributed by atoms with Crippen molar-refractivity contribution in [3.05, 3.63) is 58.7 Å². The predicted octanol–water partition coefficient (Wildman–Crippen LogP) is 2.45. The van der Waals surface area contributed by atoms with Crippen LogP contribution in [-0.2, 0) is 6.54 Å². The van der Waals surface area contributed by atoms with E-state index in [0.717, 1.165) is 5.56 Å². The van der Waals surface area contributed by atoms with Crippen LogP contribution in [0.3, 0.4) is 0 Å². The number of amides is 1. The highest BCUT2D eigenvalue weighted by molar-refractivity contribution is 6.29. The van der Waals surface area contributed by atoms with Crippen molar-refractivity contribution >= 4 is 23.3 Å². The largest absolute Gasteiger partial charge is 0.326 e. The molecule has 1 aromatic carbocycles. The van der Waals surface area contributed by atoms with Crippen LogP contribution in [0.4, 0.5) is 5.82 Å². The van der Waals surface area contributed by atoms with Gasteiger partial charge in [0.2, 0.25) is 0 Å². The lowest BCUT2D eigenvalue weighted by Gasteiger charge is -2.05. The zero-order chi connectivity index (χ0) is 13.0. The minimum Gasteiger partial charge on any atom is -0.326 e. The fourth-order valence-corrected chi connectivity index (χ4v) is 1.62. The Balaban J connectivity index is 2.11. The number of pyridine rings is 1. The molecule has 0 bridgehead atoms. The standard InChI is InChI=1S/C13H12ClN3O/c14-11-2-1-3-12(16-11)17-13(18)10-6-4-9(8-15)5-7-10/h1-7H,8,15H2,(H,16,17,18). The number of nitrogens with two attached hydrogens (primary N) is 1. The molecule has 2 rings (SSSR count). The number of hydrogen-bond donors (Lipinski definition) is 2. The Bertz CT molecular complexity index is 554. The SMILES string of the molecule is NCc1ccc(C(=O)Nc2cccc(Cl)n2)cc1. The molecule has 0 spiro atoms. The number of benzene rings is 1. The van der Waals surface area contributed by atoms with Crippen molar-refractivity contribution < 1.29 is 4.79 Å². The molecule has 3 N–H and O–H groups in total. The highest BCUT2D eigenvalue weighted by Gasteiger charge is 2.06. The Morgan fingerprint density at radius 3 is 2.56 bits per heavy atom. The van der Waals surface area contributed by atoms with Crippen molar-refractivity contribution in [3.8, 4) is 0 Å². The van der Waals surface area contributed by atoms with Gasteiger partial charge >= 0.3 is 0 Å². The predicted molar refractivity (Wildman–Crippen MR) is 71.5 cm³/mol. The average Bonchev–Trinajstić information content (AvgIpc) is 2.39. The van der Waals surface area contributed by atoms with Crippen LogP contribution in [0, 0.1) is 0 Å². The normalized spacial score (nSPS) is 10.1. The Morgan fingerprint density at radius 1 is 1.22 bits per heavy atom. The first-order valence-corrected chi connectivity index (χ1v) is 5.80. The van der Waals surface area contributed by atoms with Gasteiger partial charge in [0.15, 0.2) is 0 Å². The van der Waals surface area contributed by atoms with Crippen molar-refractivity contribution in [2.45, 2.75) is 6.54 Å². The van der Waals surface area contributed by atoms with E-state index in [1.54, 1.807) is 30.3 Å². The van der Waals surface area contributed by atoms with E-state index in [9.17, 15) is 4.79 Å². The summed E-state index contributed by atoms with van der Waals surface area (Å²) in [5.41, 5.74) is 7.02. The van der Waals surface area contributed by atoms with Gasteiger partial charge in [0.1, 0.15) is 11.0 Å². The van der Waals surface area contributed by atoms with Gasteiger partial charge in [-0.1, -0.05) is 29.8 Å². The number of hydrogen-bond acceptors (Lipinski definition) is 3. The molecule has 0 radical (unpaired) electrons. The topological polar surface area (TPSA) is 68.0 Å². The summed E-state index contributed by atoms with van der Waals surface area (Å²) in [6.07, 6.45) is 0. The molecule has 1 aromatic heterocycles. The van der Waals surface area contributed by atoms with Crippen LogP contribution < -0.4 is 11.1 Å². The van der Waals surface area contributed by atoms with Gasteiger partial charge in [0.25, 0.3) is 5.91 Å². The highest BCUT2D eigenvalue weighted by Crippen LogP contribution is 2.11. The highest BCUT2D eigenvalue weighted by atomic mass is 35.5. The monoisotopic (exact) mass is 261 g/mol. The Kier molecular flexibility index (Phi) is 3.92. The van der Waals surface area contributed by atoms with Crippen LogP contribution >= 0.6 is 11.6 Å². The van der Waals surface area contributed by atoms with E-state index in [2.05, 4.69) is 10.3 Å². The van der Waals surface area contributed by atoms with Crippen LogP contribution in [0.1, 0.15) is 15.9 Å². The maximum Gasteiger partial charge on any atom is 0.256 e. The lowest BCUT2D eigenvalue weighted by atomic mass is 10.1.